The lowest BCUT2D eigenvalue weighted by molar-refractivity contribution is -0.260. The van der Waals surface area contributed by atoms with E-state index in [1.807, 2.05) is 24.3 Å². The zero-order chi connectivity index (χ0) is 58.6. The van der Waals surface area contributed by atoms with Crippen molar-refractivity contribution in [3.63, 3.8) is 0 Å². The smallest absolute Gasteiger partial charge is 0.246 e. The normalized spacial score (nSPS) is 29.5. The molecule has 15 atom stereocenters. The molecule has 0 unspecified atom stereocenters. The summed E-state index contributed by atoms with van der Waals surface area (Å²) in [5, 5.41) is 94.5. The first-order chi connectivity index (χ1) is 38.5. The SMILES string of the molecule is C[C@@H](c1ccccc1)[C@@H]1NC(=O)CNC(=O)[C@H](CO)NC(=O)[C@@H]([C@@H](O)[C@@H]2CN=C(N)N2[C@H]2O[C@H](CO)[C@@H](O)[C@H](O)[C@@H]2O)NC(=O)[C@H]([C@H](O)[C@@H]2CN=C(N)N2)NC(=O)[C@@H](Cc2ccc3nc(-c4ccc(C(C)(C)C)cc4)oc3c2)NC1=O. The second kappa shape index (κ2) is 24.9. The molecular weight excluding hydrogens is 1060 g/mol. The van der Waals surface area contributed by atoms with E-state index in [1.165, 1.54) is 0 Å². The summed E-state index contributed by atoms with van der Waals surface area (Å²) in [6, 6.07) is 9.04. The van der Waals surface area contributed by atoms with Crippen molar-refractivity contribution < 1.29 is 73.7 Å². The number of aliphatic imine (C=N–C) groups is 2. The first-order valence-electron chi connectivity index (χ1n) is 26.2. The first kappa shape index (κ1) is 59.3. The third-order valence-electron chi connectivity index (χ3n) is 14.8. The van der Waals surface area contributed by atoms with Gasteiger partial charge >= 0.3 is 0 Å². The number of carbonyl (C=O) groups is 6. The zero-order valence-electron chi connectivity index (χ0n) is 44.7. The summed E-state index contributed by atoms with van der Waals surface area (Å²) in [4.78, 5) is 101. The predicted octanol–water partition coefficient (Wildman–Crippen LogP) is -5.51. The number of fused-ring (bicyclic) bond motifs is 1. The molecule has 2 saturated heterocycles. The van der Waals surface area contributed by atoms with Gasteiger partial charge in [-0.05, 0) is 46.4 Å². The molecule has 28 heteroatoms. The molecular formula is C53H69N13O15. The van der Waals surface area contributed by atoms with Gasteiger partial charge in [-0.3, -0.25) is 38.8 Å². The third-order valence-corrected chi connectivity index (χ3v) is 14.8. The highest BCUT2D eigenvalue weighted by molar-refractivity contribution is 5.98. The maximum Gasteiger partial charge on any atom is 0.246 e. The van der Waals surface area contributed by atoms with Gasteiger partial charge in [-0.25, -0.2) is 4.98 Å². The molecule has 0 spiro atoms. The number of amides is 6. The highest BCUT2D eigenvalue weighted by Gasteiger charge is 2.52. The van der Waals surface area contributed by atoms with Crippen LogP contribution in [0.25, 0.3) is 22.6 Å². The van der Waals surface area contributed by atoms with E-state index in [0.717, 1.165) is 10.5 Å². The summed E-state index contributed by atoms with van der Waals surface area (Å²) in [6.07, 6.45) is -13.5. The molecule has 8 rings (SSSR count). The number of rotatable bonds is 12. The van der Waals surface area contributed by atoms with E-state index in [9.17, 15) is 54.9 Å². The first-order valence-corrected chi connectivity index (χ1v) is 26.2. The Morgan fingerprint density at radius 2 is 1.36 bits per heavy atom. The summed E-state index contributed by atoms with van der Waals surface area (Å²) in [5.41, 5.74) is 15.6. The summed E-state index contributed by atoms with van der Waals surface area (Å²) in [7, 11) is 0. The Kier molecular flexibility index (Phi) is 18.2. The lowest BCUT2D eigenvalue weighted by atomic mass is 9.87. The van der Waals surface area contributed by atoms with E-state index in [2.05, 4.69) is 73.0 Å². The Hall–Kier alpha value is -7.83. The van der Waals surface area contributed by atoms with Gasteiger partial charge in [-0.2, -0.15) is 0 Å². The number of nitrogens with two attached hydrogens (primary N) is 2. The van der Waals surface area contributed by atoms with Crippen LogP contribution in [0.2, 0.25) is 0 Å². The zero-order valence-corrected chi connectivity index (χ0v) is 44.7. The number of guanidine groups is 2. The molecule has 0 bridgehead atoms. The highest BCUT2D eigenvalue weighted by Crippen LogP contribution is 2.31. The Labute approximate surface area is 463 Å². The van der Waals surface area contributed by atoms with Gasteiger partial charge in [0.15, 0.2) is 23.7 Å². The molecule has 18 N–H and O–H groups in total. The molecule has 4 aliphatic heterocycles. The second-order valence-electron chi connectivity index (χ2n) is 21.4. The van der Waals surface area contributed by atoms with Crippen LogP contribution < -0.4 is 48.7 Å². The number of nitrogens with zero attached hydrogens (tertiary/aromatic N) is 4. The Balaban J connectivity index is 1.18. The topological polar surface area (TPSA) is 443 Å². The van der Waals surface area contributed by atoms with Gasteiger partial charge in [-0.15, -0.1) is 0 Å². The number of nitrogens with one attached hydrogen (secondary N) is 7. The molecule has 2 fully saturated rings. The maximum atomic E-state index is 15.1. The molecule has 4 aliphatic rings. The van der Waals surface area contributed by atoms with Crippen LogP contribution in [-0.4, -0.2) is 211 Å². The minimum atomic E-state index is -2.27. The number of ether oxygens (including phenoxy) is 1. The number of benzene rings is 3. The average molecular weight is 1130 g/mol. The lowest BCUT2D eigenvalue weighted by Gasteiger charge is -2.46. The van der Waals surface area contributed by atoms with Crippen molar-refractivity contribution in [2.45, 2.75) is 131 Å². The van der Waals surface area contributed by atoms with Crippen molar-refractivity contribution in [3.8, 4) is 11.5 Å². The van der Waals surface area contributed by atoms with Crippen molar-refractivity contribution in [2.24, 2.45) is 21.5 Å². The highest BCUT2D eigenvalue weighted by atomic mass is 16.6. The van der Waals surface area contributed by atoms with Crippen molar-refractivity contribution in [1.82, 2.24) is 47.1 Å². The molecule has 6 amide bonds. The quantitative estimate of drug-likeness (QED) is 0.0629. The second-order valence-corrected chi connectivity index (χ2v) is 21.4. The van der Waals surface area contributed by atoms with E-state index in [0.29, 0.717) is 33.7 Å². The fourth-order valence-corrected chi connectivity index (χ4v) is 10.0. The molecule has 5 heterocycles. The van der Waals surface area contributed by atoms with E-state index in [1.54, 1.807) is 55.5 Å². The van der Waals surface area contributed by atoms with E-state index < -0.39 is 159 Å². The lowest BCUT2D eigenvalue weighted by Crippen LogP contribution is -2.70. The fraction of sp³-hybridized carbons (Fsp3) is 0.491. The van der Waals surface area contributed by atoms with Crippen LogP contribution in [0.3, 0.4) is 0 Å². The summed E-state index contributed by atoms with van der Waals surface area (Å²) >= 11 is 0. The standard InChI is InChI=1S/C53H69N13O15/c1-23(25-8-6-5-7-9-25)36-46(77)59-29(16-24-10-15-28-33(17-24)80-49(61-28)26-11-13-27(14-12-26)53(2,3)4)45(76)64-37(39(70)30-18-57-51(54)62-30)48(79)65-38(47(78)60-31(21-67)44(75)56-20-35(69)63-36)40(71)32-19-58-52(55)66(32)50-43(74)42(73)41(72)34(22-68)81-50/h5-15,17,23,29-32,34,36-43,50,67-68,70-74H,16,18-22H2,1-4H3,(H2,55,58)(H,56,75)(H,59,77)(H,60,78)(H,63,69)(H,64,76)(H,65,79)(H3,54,57,62)/t23-,29+,30-,31-,32-,34+,36-,37-,38+,39+,40-,41+,42-,43-,50-/m0/s1. The molecule has 1 aromatic heterocycles. The molecule has 0 aliphatic carbocycles. The van der Waals surface area contributed by atoms with Gasteiger partial charge in [0.1, 0.15) is 72.3 Å². The van der Waals surface area contributed by atoms with Crippen molar-refractivity contribution >= 4 is 58.5 Å². The van der Waals surface area contributed by atoms with Gasteiger partial charge in [0.25, 0.3) is 0 Å². The largest absolute Gasteiger partial charge is 0.436 e. The number of hydrogen-bond acceptors (Lipinski definition) is 22. The number of aromatic nitrogens is 1. The van der Waals surface area contributed by atoms with Crippen LogP contribution in [0.1, 0.15) is 50.3 Å². The van der Waals surface area contributed by atoms with E-state index in [-0.39, 0.29) is 24.3 Å². The summed E-state index contributed by atoms with van der Waals surface area (Å²) in [5.74, 6) is -7.87. The minimum absolute atomic E-state index is 0.113. The van der Waals surface area contributed by atoms with Gasteiger partial charge < -0.3 is 98.5 Å². The van der Waals surface area contributed by atoms with E-state index in [4.69, 9.17) is 20.6 Å². The minimum Gasteiger partial charge on any atom is -0.436 e. The summed E-state index contributed by atoms with van der Waals surface area (Å²) < 4.78 is 11.9. The van der Waals surface area contributed by atoms with Gasteiger partial charge in [0.05, 0.1) is 44.9 Å². The molecule has 0 saturated carbocycles. The van der Waals surface area contributed by atoms with Crippen molar-refractivity contribution in [3.05, 3.63) is 89.5 Å². The molecule has 81 heavy (non-hydrogen) atoms. The van der Waals surface area contributed by atoms with Crippen LogP contribution in [-0.2, 0) is 45.3 Å². The van der Waals surface area contributed by atoms with Crippen LogP contribution in [0.4, 0.5) is 0 Å². The molecule has 0 radical (unpaired) electrons. The van der Waals surface area contributed by atoms with Gasteiger partial charge in [0.2, 0.25) is 41.3 Å². The summed E-state index contributed by atoms with van der Waals surface area (Å²) in [6.45, 7) is 4.37. The van der Waals surface area contributed by atoms with Gasteiger partial charge in [-0.1, -0.05) is 76.2 Å². The predicted molar refractivity (Wildman–Crippen MR) is 288 cm³/mol. The Morgan fingerprint density at radius 1 is 0.704 bits per heavy atom. The van der Waals surface area contributed by atoms with Gasteiger partial charge in [0, 0.05) is 17.9 Å². The monoisotopic (exact) mass is 1130 g/mol. The fourth-order valence-electron chi connectivity index (χ4n) is 10.0. The van der Waals surface area contributed by atoms with Crippen molar-refractivity contribution in [2.75, 3.05) is 32.8 Å². The van der Waals surface area contributed by atoms with Crippen LogP contribution in [0, 0.1) is 0 Å². The Morgan fingerprint density at radius 3 is 2.01 bits per heavy atom. The van der Waals surface area contributed by atoms with Crippen molar-refractivity contribution in [1.29, 1.82) is 0 Å². The number of aliphatic hydroxyl groups is 7. The molecule has 436 valence electrons. The van der Waals surface area contributed by atoms with Crippen LogP contribution >= 0.6 is 0 Å². The van der Waals surface area contributed by atoms with Crippen LogP contribution in [0.15, 0.2) is 87.2 Å². The number of hydrogen-bond donors (Lipinski definition) is 16. The third kappa shape index (κ3) is 13.2. The average Bonchev–Trinajstić information content (AvgIpc) is 4.30. The molecule has 4 aromatic rings. The van der Waals surface area contributed by atoms with Crippen LogP contribution in [0.5, 0.6) is 0 Å². The number of oxazole rings is 1. The Bertz CT molecular complexity index is 3010. The maximum absolute atomic E-state index is 15.1. The number of aliphatic hydroxyl groups excluding tert-OH is 7. The number of carbonyl (C=O) groups excluding carboxylic acids is 6. The molecule has 3 aromatic carbocycles. The van der Waals surface area contributed by atoms with E-state index >= 15 is 9.59 Å². The molecule has 28 nitrogen and oxygen atoms in total.